The SMILES string of the molecule is Cc1cccc(C(O)CNc2c(C#N)cnc3ccccc23)c1. The second-order valence-corrected chi connectivity index (χ2v) is 5.49. The summed E-state index contributed by atoms with van der Waals surface area (Å²) in [5.74, 6) is 0. The molecule has 0 amide bonds. The molecule has 4 nitrogen and oxygen atoms in total. The van der Waals surface area contributed by atoms with Gasteiger partial charge in [0.1, 0.15) is 6.07 Å². The van der Waals surface area contributed by atoms with Gasteiger partial charge in [0.15, 0.2) is 0 Å². The fourth-order valence-electron chi connectivity index (χ4n) is 2.61. The van der Waals surface area contributed by atoms with Crippen LogP contribution < -0.4 is 5.32 Å². The van der Waals surface area contributed by atoms with Crippen molar-refractivity contribution < 1.29 is 5.11 Å². The van der Waals surface area contributed by atoms with Crippen LogP contribution in [0.25, 0.3) is 10.9 Å². The molecule has 0 radical (unpaired) electrons. The van der Waals surface area contributed by atoms with E-state index in [1.54, 1.807) is 6.20 Å². The second-order valence-electron chi connectivity index (χ2n) is 5.49. The average Bonchev–Trinajstić information content (AvgIpc) is 2.59. The molecule has 3 rings (SSSR count). The number of aryl methyl sites for hydroxylation is 1. The highest BCUT2D eigenvalue weighted by molar-refractivity contribution is 5.93. The zero-order valence-electron chi connectivity index (χ0n) is 12.8. The number of hydrogen-bond acceptors (Lipinski definition) is 4. The summed E-state index contributed by atoms with van der Waals surface area (Å²) in [5, 5.41) is 23.8. The Hall–Kier alpha value is -2.90. The molecule has 114 valence electrons. The van der Waals surface area contributed by atoms with Gasteiger partial charge in [-0.3, -0.25) is 4.98 Å². The van der Waals surface area contributed by atoms with E-state index in [0.717, 1.165) is 22.0 Å². The third kappa shape index (κ3) is 3.15. The van der Waals surface area contributed by atoms with E-state index < -0.39 is 6.10 Å². The molecule has 23 heavy (non-hydrogen) atoms. The summed E-state index contributed by atoms with van der Waals surface area (Å²) in [6.45, 7) is 2.32. The van der Waals surface area contributed by atoms with E-state index in [2.05, 4.69) is 16.4 Å². The highest BCUT2D eigenvalue weighted by Crippen LogP contribution is 2.26. The van der Waals surface area contributed by atoms with E-state index in [9.17, 15) is 10.4 Å². The van der Waals surface area contributed by atoms with Gasteiger partial charge in [-0.1, -0.05) is 48.0 Å². The van der Waals surface area contributed by atoms with Crippen LogP contribution in [0.15, 0.2) is 54.7 Å². The fraction of sp³-hybridized carbons (Fsp3) is 0.158. The van der Waals surface area contributed by atoms with Crippen LogP contribution in [-0.4, -0.2) is 16.6 Å². The van der Waals surface area contributed by atoms with Crippen molar-refractivity contribution in [2.24, 2.45) is 0 Å². The molecule has 0 aliphatic heterocycles. The quantitative estimate of drug-likeness (QED) is 0.773. The van der Waals surface area contributed by atoms with Crippen molar-refractivity contribution in [3.05, 3.63) is 71.4 Å². The molecular weight excluding hydrogens is 286 g/mol. The Balaban J connectivity index is 1.88. The molecule has 1 unspecified atom stereocenters. The first-order valence-corrected chi connectivity index (χ1v) is 7.45. The first-order valence-electron chi connectivity index (χ1n) is 7.45. The second kappa shape index (κ2) is 6.47. The molecule has 1 aromatic heterocycles. The fourth-order valence-corrected chi connectivity index (χ4v) is 2.61. The number of pyridine rings is 1. The molecule has 0 aliphatic rings. The van der Waals surface area contributed by atoms with Crippen LogP contribution >= 0.6 is 0 Å². The molecule has 0 aliphatic carbocycles. The van der Waals surface area contributed by atoms with Gasteiger partial charge in [0.25, 0.3) is 0 Å². The third-order valence-corrected chi connectivity index (χ3v) is 3.80. The number of fused-ring (bicyclic) bond motifs is 1. The van der Waals surface area contributed by atoms with E-state index in [1.165, 1.54) is 0 Å². The first-order chi connectivity index (χ1) is 11.2. The number of nitrogens with one attached hydrogen (secondary N) is 1. The van der Waals surface area contributed by atoms with E-state index in [4.69, 9.17) is 0 Å². The first kappa shape index (κ1) is 15.0. The van der Waals surface area contributed by atoms with Gasteiger partial charge in [-0.25, -0.2) is 0 Å². The maximum atomic E-state index is 10.4. The lowest BCUT2D eigenvalue weighted by Crippen LogP contribution is -2.13. The smallest absolute Gasteiger partial charge is 0.103 e. The minimum absolute atomic E-state index is 0.326. The lowest BCUT2D eigenvalue weighted by atomic mass is 10.1. The van der Waals surface area contributed by atoms with Crippen LogP contribution in [0.4, 0.5) is 5.69 Å². The standard InChI is InChI=1S/C19H17N3O/c1-13-5-4-6-14(9-13)18(23)12-22-19-15(10-20)11-21-17-8-3-2-7-16(17)19/h2-9,11,18,23H,12H2,1H3,(H,21,22). The van der Waals surface area contributed by atoms with Gasteiger partial charge < -0.3 is 10.4 Å². The molecule has 0 saturated heterocycles. The van der Waals surface area contributed by atoms with E-state index >= 15 is 0 Å². The molecule has 2 N–H and O–H groups in total. The summed E-state index contributed by atoms with van der Waals surface area (Å²) in [5.41, 5.74) is 3.96. The molecule has 0 bridgehead atoms. The Morgan fingerprint density at radius 2 is 2.04 bits per heavy atom. The zero-order chi connectivity index (χ0) is 16.2. The summed E-state index contributed by atoms with van der Waals surface area (Å²) in [4.78, 5) is 4.28. The molecule has 0 fully saturated rings. The van der Waals surface area contributed by atoms with Crippen molar-refractivity contribution in [1.82, 2.24) is 4.98 Å². The summed E-state index contributed by atoms with van der Waals surface area (Å²) in [6, 6.07) is 17.6. The maximum absolute atomic E-state index is 10.4. The number of aromatic nitrogens is 1. The molecular formula is C19H17N3O. The Kier molecular flexibility index (Phi) is 4.22. The van der Waals surface area contributed by atoms with Gasteiger partial charge in [0.05, 0.1) is 22.9 Å². The minimum atomic E-state index is -0.645. The normalized spacial score (nSPS) is 11.9. The number of rotatable bonds is 4. The lowest BCUT2D eigenvalue weighted by molar-refractivity contribution is 0.191. The van der Waals surface area contributed by atoms with Gasteiger partial charge in [0, 0.05) is 18.1 Å². The Morgan fingerprint density at radius 3 is 2.83 bits per heavy atom. The predicted octanol–water partition coefficient (Wildman–Crippen LogP) is 3.56. The van der Waals surface area contributed by atoms with Crippen LogP contribution in [0.5, 0.6) is 0 Å². The van der Waals surface area contributed by atoms with Crippen molar-refractivity contribution in [2.45, 2.75) is 13.0 Å². The number of hydrogen-bond donors (Lipinski definition) is 2. The molecule has 4 heteroatoms. The molecule has 1 atom stereocenters. The summed E-state index contributed by atoms with van der Waals surface area (Å²) < 4.78 is 0. The number of aliphatic hydroxyl groups excluding tert-OH is 1. The minimum Gasteiger partial charge on any atom is -0.387 e. The largest absolute Gasteiger partial charge is 0.387 e. The number of para-hydroxylation sites is 1. The highest BCUT2D eigenvalue weighted by Gasteiger charge is 2.12. The molecule has 0 saturated carbocycles. The van der Waals surface area contributed by atoms with Gasteiger partial charge >= 0.3 is 0 Å². The Morgan fingerprint density at radius 1 is 1.22 bits per heavy atom. The predicted molar refractivity (Wildman–Crippen MR) is 91.1 cm³/mol. The lowest BCUT2D eigenvalue weighted by Gasteiger charge is -2.16. The van der Waals surface area contributed by atoms with Gasteiger partial charge in [0.2, 0.25) is 0 Å². The monoisotopic (exact) mass is 303 g/mol. The number of nitrogens with zero attached hydrogens (tertiary/aromatic N) is 2. The van der Waals surface area contributed by atoms with E-state index in [-0.39, 0.29) is 0 Å². The van der Waals surface area contributed by atoms with Crippen LogP contribution in [0.1, 0.15) is 22.8 Å². The van der Waals surface area contributed by atoms with Crippen molar-refractivity contribution in [1.29, 1.82) is 5.26 Å². The van der Waals surface area contributed by atoms with Crippen molar-refractivity contribution in [2.75, 3.05) is 11.9 Å². The Labute approximate surface area is 135 Å². The van der Waals surface area contributed by atoms with Gasteiger partial charge in [-0.2, -0.15) is 5.26 Å². The van der Waals surface area contributed by atoms with Crippen LogP contribution in [0.2, 0.25) is 0 Å². The van der Waals surface area contributed by atoms with E-state index in [1.807, 2.05) is 55.5 Å². The van der Waals surface area contributed by atoms with Crippen molar-refractivity contribution in [3.63, 3.8) is 0 Å². The topological polar surface area (TPSA) is 68.9 Å². The van der Waals surface area contributed by atoms with E-state index in [0.29, 0.717) is 17.8 Å². The average molecular weight is 303 g/mol. The van der Waals surface area contributed by atoms with Crippen LogP contribution in [0, 0.1) is 18.3 Å². The van der Waals surface area contributed by atoms with Crippen LogP contribution in [0.3, 0.4) is 0 Å². The number of anilines is 1. The highest BCUT2D eigenvalue weighted by atomic mass is 16.3. The maximum Gasteiger partial charge on any atom is 0.103 e. The summed E-state index contributed by atoms with van der Waals surface area (Å²) in [7, 11) is 0. The van der Waals surface area contributed by atoms with Crippen molar-refractivity contribution in [3.8, 4) is 6.07 Å². The van der Waals surface area contributed by atoms with Gasteiger partial charge in [-0.05, 0) is 18.6 Å². The number of benzene rings is 2. The van der Waals surface area contributed by atoms with Crippen molar-refractivity contribution >= 4 is 16.6 Å². The van der Waals surface area contributed by atoms with Crippen LogP contribution in [-0.2, 0) is 0 Å². The Bertz CT molecular complexity index is 883. The molecule has 1 heterocycles. The number of aliphatic hydroxyl groups is 1. The zero-order valence-corrected chi connectivity index (χ0v) is 12.8. The van der Waals surface area contributed by atoms with Gasteiger partial charge in [-0.15, -0.1) is 0 Å². The number of nitriles is 1. The summed E-state index contributed by atoms with van der Waals surface area (Å²) in [6.07, 6.45) is 0.914. The molecule has 2 aromatic carbocycles. The molecule has 3 aromatic rings. The molecule has 0 spiro atoms. The summed E-state index contributed by atoms with van der Waals surface area (Å²) >= 11 is 0. The third-order valence-electron chi connectivity index (χ3n) is 3.80.